The van der Waals surface area contributed by atoms with E-state index in [4.69, 9.17) is 0 Å². The van der Waals surface area contributed by atoms with Crippen LogP contribution < -0.4 is 56.6 Å². The summed E-state index contributed by atoms with van der Waals surface area (Å²) in [7, 11) is -2.50. The van der Waals surface area contributed by atoms with Gasteiger partial charge in [0.2, 0.25) is 0 Å². The van der Waals surface area contributed by atoms with Crippen LogP contribution in [0.15, 0.2) is 170 Å². The molecule has 11 heteroatoms. The minimum atomic E-state index is -4.36. The number of hydrogen-bond donors (Lipinski definition) is 0. The van der Waals surface area contributed by atoms with Crippen LogP contribution in [0.25, 0.3) is 0 Å². The molecular weight excluding hydrogens is 810 g/mol. The first-order valence-corrected chi connectivity index (χ1v) is 17.0. The monoisotopic (exact) mass is 836 g/mol. The Morgan fingerprint density at radius 2 is 0.510 bits per heavy atom. The molecule has 0 aliphatic rings. The van der Waals surface area contributed by atoms with Crippen LogP contribution in [-0.2, 0) is 32.8 Å². The third-order valence-corrected chi connectivity index (χ3v) is 12.0. The second-order valence-electron chi connectivity index (χ2n) is 10.0. The van der Waals surface area contributed by atoms with E-state index in [2.05, 4.69) is 0 Å². The molecule has 0 aliphatic heterocycles. The van der Waals surface area contributed by atoms with E-state index in [1.165, 1.54) is 12.1 Å². The summed E-state index contributed by atoms with van der Waals surface area (Å²) >= 11 is 0. The minimum Gasteiger partial charge on any atom is -1.00 e. The summed E-state index contributed by atoms with van der Waals surface area (Å²) in [5.41, 5.74) is -1.11. The normalized spacial score (nSPS) is 10.9. The molecule has 0 N–H and O–H groups in total. The van der Waals surface area contributed by atoms with Crippen molar-refractivity contribution in [2.75, 3.05) is 0 Å². The molecule has 0 spiro atoms. The summed E-state index contributed by atoms with van der Waals surface area (Å²) in [6.07, 6.45) is -8.72. The molecule has 0 saturated carbocycles. The average molecular weight is 838 g/mol. The van der Waals surface area contributed by atoms with Crippen molar-refractivity contribution in [3.8, 4) is 0 Å². The Bertz CT molecular complexity index is 1610. The molecule has 0 unspecified atom stereocenters. The van der Waals surface area contributed by atoms with Gasteiger partial charge in [0.1, 0.15) is 0 Å². The standard InChI is InChI=1S/2C19H14F3P.2ClH.Pd/c2*20-19(21,22)17-13-7-8-14-18(17)23(15-9-3-1-4-10-15)16-11-5-2-6-12-16;;;/h2*1-14H;2*1H;/q;;;;+2/p-2. The fraction of sp³-hybridized carbons (Fsp3) is 0.0526. The summed E-state index contributed by atoms with van der Waals surface area (Å²) in [6.45, 7) is 0. The predicted octanol–water partition coefficient (Wildman–Crippen LogP) is 2.93. The van der Waals surface area contributed by atoms with E-state index in [0.29, 0.717) is 10.6 Å². The molecule has 0 saturated heterocycles. The average Bonchev–Trinajstić information content (AvgIpc) is 3.07. The molecule has 49 heavy (non-hydrogen) atoms. The molecule has 6 aromatic carbocycles. The summed E-state index contributed by atoms with van der Waals surface area (Å²) < 4.78 is 80.7. The maximum absolute atomic E-state index is 13.5. The number of alkyl halides is 6. The molecule has 6 rings (SSSR count). The van der Waals surface area contributed by atoms with Crippen LogP contribution in [0.5, 0.6) is 0 Å². The maximum atomic E-state index is 13.5. The first-order chi connectivity index (χ1) is 22.1. The molecule has 0 fully saturated rings. The van der Waals surface area contributed by atoms with Crippen LogP contribution in [0.1, 0.15) is 11.1 Å². The van der Waals surface area contributed by atoms with E-state index in [0.717, 1.165) is 33.4 Å². The Balaban J connectivity index is 0.000000321. The van der Waals surface area contributed by atoms with E-state index in [9.17, 15) is 26.3 Å². The van der Waals surface area contributed by atoms with Crippen molar-refractivity contribution in [2.45, 2.75) is 12.4 Å². The Morgan fingerprint density at radius 3 is 0.735 bits per heavy atom. The van der Waals surface area contributed by atoms with Crippen molar-refractivity contribution in [2.24, 2.45) is 0 Å². The molecule has 0 nitrogen and oxygen atoms in total. The summed E-state index contributed by atoms with van der Waals surface area (Å²) in [6, 6.07) is 49.3. The van der Waals surface area contributed by atoms with Gasteiger partial charge in [-0.3, -0.25) is 0 Å². The van der Waals surface area contributed by atoms with Crippen molar-refractivity contribution in [3.05, 3.63) is 181 Å². The van der Waals surface area contributed by atoms with Gasteiger partial charge in [-0.1, -0.05) is 158 Å². The van der Waals surface area contributed by atoms with Gasteiger partial charge in [0.05, 0.1) is 11.1 Å². The molecular formula is C38H28Cl2F6P2Pd. The number of hydrogen-bond acceptors (Lipinski definition) is 0. The van der Waals surface area contributed by atoms with Crippen molar-refractivity contribution < 1.29 is 71.6 Å². The SMILES string of the molecule is FC(F)(F)c1ccccc1P(c1ccccc1)c1ccccc1.FC(F)(F)c1ccccc1P(c1ccccc1)c1ccccc1.[Cl-].[Cl-].[Pd+2]. The van der Waals surface area contributed by atoms with Gasteiger partial charge in [-0.25, -0.2) is 0 Å². The van der Waals surface area contributed by atoms with Gasteiger partial charge < -0.3 is 24.8 Å². The van der Waals surface area contributed by atoms with Crippen molar-refractivity contribution in [1.29, 1.82) is 0 Å². The van der Waals surface area contributed by atoms with Crippen LogP contribution in [0.4, 0.5) is 26.3 Å². The predicted molar refractivity (Wildman–Crippen MR) is 180 cm³/mol. The molecule has 256 valence electrons. The Hall–Kier alpha value is -3.00. The van der Waals surface area contributed by atoms with Gasteiger partial charge in [-0.05, 0) is 59.8 Å². The van der Waals surface area contributed by atoms with Crippen molar-refractivity contribution >= 4 is 47.7 Å². The van der Waals surface area contributed by atoms with Crippen LogP contribution in [0.2, 0.25) is 0 Å². The minimum absolute atomic E-state index is 0. The quantitative estimate of drug-likeness (QED) is 0.138. The maximum Gasteiger partial charge on any atom is 2.00 e. The zero-order valence-corrected chi connectivity index (χ0v) is 30.3. The van der Waals surface area contributed by atoms with Crippen LogP contribution in [0, 0.1) is 0 Å². The second-order valence-corrected chi connectivity index (χ2v) is 14.4. The summed E-state index contributed by atoms with van der Waals surface area (Å²) in [5, 5.41) is 4.31. The number of benzene rings is 6. The second kappa shape index (κ2) is 19.4. The smallest absolute Gasteiger partial charge is 1.00 e. The van der Waals surface area contributed by atoms with E-state index in [1.54, 1.807) is 24.3 Å². The molecule has 0 atom stereocenters. The molecule has 0 bridgehead atoms. The zero-order valence-electron chi connectivity index (χ0n) is 25.4. The van der Waals surface area contributed by atoms with Gasteiger partial charge in [0.15, 0.2) is 0 Å². The van der Waals surface area contributed by atoms with Crippen LogP contribution in [0.3, 0.4) is 0 Å². The van der Waals surface area contributed by atoms with Gasteiger partial charge >= 0.3 is 32.8 Å². The molecule has 0 aliphatic carbocycles. The molecule has 0 amide bonds. The Labute approximate surface area is 311 Å². The van der Waals surface area contributed by atoms with E-state index < -0.39 is 39.3 Å². The molecule has 6 aromatic rings. The van der Waals surface area contributed by atoms with Gasteiger partial charge in [0, 0.05) is 0 Å². The third-order valence-electron chi connectivity index (χ3n) is 6.96. The van der Waals surface area contributed by atoms with Crippen LogP contribution in [-0.4, -0.2) is 0 Å². The Morgan fingerprint density at radius 1 is 0.306 bits per heavy atom. The van der Waals surface area contributed by atoms with Crippen LogP contribution >= 0.6 is 15.8 Å². The Kier molecular flexibility index (Phi) is 16.7. The molecule has 0 aromatic heterocycles. The van der Waals surface area contributed by atoms with Gasteiger partial charge in [-0.15, -0.1) is 0 Å². The first kappa shape index (κ1) is 42.2. The summed E-state index contributed by atoms with van der Waals surface area (Å²) in [5.74, 6) is 0. The third kappa shape index (κ3) is 11.0. The van der Waals surface area contributed by atoms with Crippen molar-refractivity contribution in [3.63, 3.8) is 0 Å². The fourth-order valence-corrected chi connectivity index (χ4v) is 9.92. The molecule has 0 heterocycles. The first-order valence-electron chi connectivity index (χ1n) is 14.3. The van der Waals surface area contributed by atoms with Gasteiger partial charge in [-0.2, -0.15) is 26.3 Å². The van der Waals surface area contributed by atoms with E-state index in [-0.39, 0.29) is 45.2 Å². The van der Waals surface area contributed by atoms with Crippen molar-refractivity contribution in [1.82, 2.24) is 0 Å². The number of rotatable bonds is 6. The van der Waals surface area contributed by atoms with E-state index in [1.807, 2.05) is 121 Å². The zero-order chi connectivity index (χ0) is 32.6. The topological polar surface area (TPSA) is 0 Å². The van der Waals surface area contributed by atoms with Gasteiger partial charge in [0.25, 0.3) is 0 Å². The number of halogens is 8. The van der Waals surface area contributed by atoms with E-state index >= 15 is 0 Å². The summed E-state index contributed by atoms with van der Waals surface area (Å²) in [4.78, 5) is 0. The molecule has 0 radical (unpaired) electrons. The largest absolute Gasteiger partial charge is 2.00 e. The fourth-order valence-electron chi connectivity index (χ4n) is 4.98.